The standard InChI is InChI=1S/C12H14F3N.ClH/c1-7-6-16-5-4-8(7)9-2-3-10(13)12(15)11(9)14;/h2-3,7-8,16H,4-6H2,1H3;1H. The molecule has 1 aliphatic heterocycles. The van der Waals surface area contributed by atoms with Gasteiger partial charge in [-0.3, -0.25) is 0 Å². The van der Waals surface area contributed by atoms with Gasteiger partial charge in [0.2, 0.25) is 0 Å². The molecule has 2 unspecified atom stereocenters. The third-order valence-electron chi connectivity index (χ3n) is 3.25. The van der Waals surface area contributed by atoms with Crippen LogP contribution in [0.2, 0.25) is 0 Å². The Labute approximate surface area is 105 Å². The zero-order valence-corrected chi connectivity index (χ0v) is 10.3. The van der Waals surface area contributed by atoms with Crippen molar-refractivity contribution < 1.29 is 13.2 Å². The second-order valence-corrected chi connectivity index (χ2v) is 4.34. The van der Waals surface area contributed by atoms with Crippen molar-refractivity contribution in [3.05, 3.63) is 35.1 Å². The molecule has 0 bridgehead atoms. The van der Waals surface area contributed by atoms with E-state index in [1.165, 1.54) is 6.07 Å². The topological polar surface area (TPSA) is 12.0 Å². The van der Waals surface area contributed by atoms with E-state index in [0.29, 0.717) is 5.56 Å². The molecule has 0 aliphatic carbocycles. The lowest BCUT2D eigenvalue weighted by molar-refractivity contribution is 0.334. The molecule has 1 N–H and O–H groups in total. The molecule has 2 atom stereocenters. The van der Waals surface area contributed by atoms with Crippen LogP contribution in [0, 0.1) is 23.4 Å². The van der Waals surface area contributed by atoms with Gasteiger partial charge in [-0.15, -0.1) is 12.4 Å². The van der Waals surface area contributed by atoms with Gasteiger partial charge in [0.15, 0.2) is 17.5 Å². The minimum absolute atomic E-state index is 0. The van der Waals surface area contributed by atoms with Gasteiger partial charge in [-0.05, 0) is 43.0 Å². The lowest BCUT2D eigenvalue weighted by Gasteiger charge is -2.30. The molecule has 1 saturated heterocycles. The molecule has 0 spiro atoms. The Kier molecular flexibility index (Phi) is 4.83. The van der Waals surface area contributed by atoms with Gasteiger partial charge in [-0.1, -0.05) is 13.0 Å². The van der Waals surface area contributed by atoms with Crippen molar-refractivity contribution in [3.8, 4) is 0 Å². The fourth-order valence-corrected chi connectivity index (χ4v) is 2.30. The molecule has 0 radical (unpaired) electrons. The van der Waals surface area contributed by atoms with Crippen LogP contribution in [-0.4, -0.2) is 13.1 Å². The number of hydrogen-bond donors (Lipinski definition) is 1. The molecule has 0 amide bonds. The fourth-order valence-electron chi connectivity index (χ4n) is 2.30. The van der Waals surface area contributed by atoms with E-state index in [-0.39, 0.29) is 24.2 Å². The second kappa shape index (κ2) is 5.74. The predicted molar refractivity (Wildman–Crippen MR) is 63.0 cm³/mol. The molecule has 1 aliphatic rings. The van der Waals surface area contributed by atoms with Gasteiger partial charge in [0.05, 0.1) is 0 Å². The average molecular weight is 266 g/mol. The summed E-state index contributed by atoms with van der Waals surface area (Å²) in [6.07, 6.45) is 0.753. The molecule has 5 heteroatoms. The first-order valence-electron chi connectivity index (χ1n) is 5.45. The monoisotopic (exact) mass is 265 g/mol. The molecule has 0 saturated carbocycles. The minimum atomic E-state index is -1.36. The van der Waals surface area contributed by atoms with Crippen molar-refractivity contribution in [3.63, 3.8) is 0 Å². The van der Waals surface area contributed by atoms with Crippen LogP contribution in [0.4, 0.5) is 13.2 Å². The molecule has 0 aromatic heterocycles. The average Bonchev–Trinajstić information content (AvgIpc) is 2.28. The zero-order valence-electron chi connectivity index (χ0n) is 9.47. The third-order valence-corrected chi connectivity index (χ3v) is 3.25. The van der Waals surface area contributed by atoms with Crippen molar-refractivity contribution in [2.75, 3.05) is 13.1 Å². The molecule has 1 nitrogen and oxygen atoms in total. The van der Waals surface area contributed by atoms with Crippen LogP contribution in [0.5, 0.6) is 0 Å². The van der Waals surface area contributed by atoms with E-state index in [1.54, 1.807) is 0 Å². The molecule has 2 rings (SSSR count). The molecule has 1 aromatic rings. The second-order valence-electron chi connectivity index (χ2n) is 4.34. The fraction of sp³-hybridized carbons (Fsp3) is 0.500. The number of hydrogen-bond acceptors (Lipinski definition) is 1. The minimum Gasteiger partial charge on any atom is -0.316 e. The first kappa shape index (κ1) is 14.3. The van der Waals surface area contributed by atoms with Crippen molar-refractivity contribution in [1.82, 2.24) is 5.32 Å². The summed E-state index contributed by atoms with van der Waals surface area (Å²) in [6, 6.07) is 2.36. The van der Waals surface area contributed by atoms with Crippen molar-refractivity contribution in [2.24, 2.45) is 5.92 Å². The number of nitrogens with one attached hydrogen (secondary N) is 1. The van der Waals surface area contributed by atoms with Gasteiger partial charge in [0, 0.05) is 0 Å². The molecule has 96 valence electrons. The summed E-state index contributed by atoms with van der Waals surface area (Å²) in [5.74, 6) is -3.31. The number of rotatable bonds is 1. The van der Waals surface area contributed by atoms with Crippen LogP contribution < -0.4 is 5.32 Å². The summed E-state index contributed by atoms with van der Waals surface area (Å²) in [5.41, 5.74) is 0.299. The Morgan fingerprint density at radius 2 is 1.88 bits per heavy atom. The van der Waals surface area contributed by atoms with E-state index in [0.717, 1.165) is 25.6 Å². The highest BCUT2D eigenvalue weighted by Crippen LogP contribution is 2.32. The Hall–Kier alpha value is -0.740. The van der Waals surface area contributed by atoms with Gasteiger partial charge < -0.3 is 5.32 Å². The third kappa shape index (κ3) is 2.75. The van der Waals surface area contributed by atoms with Crippen molar-refractivity contribution in [1.29, 1.82) is 0 Å². The molecule has 17 heavy (non-hydrogen) atoms. The highest BCUT2D eigenvalue weighted by molar-refractivity contribution is 5.85. The lowest BCUT2D eigenvalue weighted by Crippen LogP contribution is -2.34. The van der Waals surface area contributed by atoms with Crippen LogP contribution >= 0.6 is 12.4 Å². The van der Waals surface area contributed by atoms with E-state index in [4.69, 9.17) is 0 Å². The molecular weight excluding hydrogens is 251 g/mol. The maximum absolute atomic E-state index is 13.6. The van der Waals surface area contributed by atoms with Gasteiger partial charge in [-0.2, -0.15) is 0 Å². The SMILES string of the molecule is CC1CNCCC1c1ccc(F)c(F)c1F.Cl. The first-order chi connectivity index (χ1) is 7.61. The number of benzene rings is 1. The van der Waals surface area contributed by atoms with Gasteiger partial charge in [-0.25, -0.2) is 13.2 Å². The van der Waals surface area contributed by atoms with Crippen LogP contribution in [0.1, 0.15) is 24.8 Å². The van der Waals surface area contributed by atoms with Crippen LogP contribution in [-0.2, 0) is 0 Å². The Bertz CT molecular complexity index is 398. The van der Waals surface area contributed by atoms with Gasteiger partial charge >= 0.3 is 0 Å². The van der Waals surface area contributed by atoms with Gasteiger partial charge in [0.25, 0.3) is 0 Å². The Morgan fingerprint density at radius 3 is 2.53 bits per heavy atom. The maximum atomic E-state index is 13.6. The first-order valence-corrected chi connectivity index (χ1v) is 5.45. The van der Waals surface area contributed by atoms with E-state index >= 15 is 0 Å². The highest BCUT2D eigenvalue weighted by Gasteiger charge is 2.27. The molecule has 1 aromatic carbocycles. The predicted octanol–water partition coefficient (Wildman–Crippen LogP) is 3.24. The quantitative estimate of drug-likeness (QED) is 0.769. The Morgan fingerprint density at radius 1 is 1.18 bits per heavy atom. The normalized spacial score (nSPS) is 24.2. The summed E-state index contributed by atoms with van der Waals surface area (Å²) < 4.78 is 39.5. The van der Waals surface area contributed by atoms with Crippen LogP contribution in [0.25, 0.3) is 0 Å². The smallest absolute Gasteiger partial charge is 0.194 e. The summed E-state index contributed by atoms with van der Waals surface area (Å²) >= 11 is 0. The van der Waals surface area contributed by atoms with E-state index in [9.17, 15) is 13.2 Å². The lowest BCUT2D eigenvalue weighted by atomic mass is 9.82. The van der Waals surface area contributed by atoms with Crippen molar-refractivity contribution >= 4 is 12.4 Å². The maximum Gasteiger partial charge on any atom is 0.194 e. The van der Waals surface area contributed by atoms with E-state index in [2.05, 4.69) is 5.32 Å². The van der Waals surface area contributed by atoms with E-state index < -0.39 is 17.5 Å². The summed E-state index contributed by atoms with van der Waals surface area (Å²) in [7, 11) is 0. The van der Waals surface area contributed by atoms with E-state index in [1.807, 2.05) is 6.92 Å². The zero-order chi connectivity index (χ0) is 11.7. The summed E-state index contributed by atoms with van der Waals surface area (Å²) in [4.78, 5) is 0. The van der Waals surface area contributed by atoms with Gasteiger partial charge in [0.1, 0.15) is 0 Å². The van der Waals surface area contributed by atoms with Crippen LogP contribution in [0.3, 0.4) is 0 Å². The van der Waals surface area contributed by atoms with Crippen LogP contribution in [0.15, 0.2) is 12.1 Å². The largest absolute Gasteiger partial charge is 0.316 e. The van der Waals surface area contributed by atoms with Crippen molar-refractivity contribution in [2.45, 2.75) is 19.3 Å². The summed E-state index contributed by atoms with van der Waals surface area (Å²) in [5, 5.41) is 3.19. The number of piperidine rings is 1. The highest BCUT2D eigenvalue weighted by atomic mass is 35.5. The summed E-state index contributed by atoms with van der Waals surface area (Å²) in [6.45, 7) is 3.55. The number of halogens is 4. The molecule has 1 fully saturated rings. The Balaban J connectivity index is 0.00000144. The molecular formula is C12H15ClF3N. The molecule has 1 heterocycles.